The molecule has 1 aromatic rings. The lowest BCUT2D eigenvalue weighted by molar-refractivity contribution is 0.342. The van der Waals surface area contributed by atoms with Crippen LogP contribution in [0.2, 0.25) is 0 Å². The van der Waals surface area contributed by atoms with Crippen LogP contribution in [0.5, 0.6) is 0 Å². The second kappa shape index (κ2) is 10.1. The van der Waals surface area contributed by atoms with Crippen molar-refractivity contribution in [2.45, 2.75) is 44.9 Å². The van der Waals surface area contributed by atoms with E-state index >= 15 is 0 Å². The third-order valence-corrected chi connectivity index (χ3v) is 2.95. The molecule has 0 bridgehead atoms. The van der Waals surface area contributed by atoms with Crippen LogP contribution in [-0.4, -0.2) is 11.7 Å². The van der Waals surface area contributed by atoms with Gasteiger partial charge in [-0.2, -0.15) is 0 Å². The number of aryl methyl sites for hydroxylation is 1. The summed E-state index contributed by atoms with van der Waals surface area (Å²) < 4.78 is 0. The van der Waals surface area contributed by atoms with Gasteiger partial charge in [-0.25, -0.2) is 0 Å². The smallest absolute Gasteiger partial charge is 0.0612 e. The number of rotatable bonds is 9. The predicted molar refractivity (Wildman–Crippen MR) is 74.1 cm³/mol. The van der Waals surface area contributed by atoms with E-state index in [4.69, 9.17) is 5.11 Å². The average Bonchev–Trinajstić information content (AvgIpc) is 2.38. The molecule has 0 heterocycles. The van der Waals surface area contributed by atoms with E-state index in [9.17, 15) is 0 Å². The summed E-state index contributed by atoms with van der Waals surface area (Å²) in [5, 5.41) is 8.56. The van der Waals surface area contributed by atoms with Gasteiger partial charge in [0.05, 0.1) is 6.61 Å². The van der Waals surface area contributed by atoms with Gasteiger partial charge in [0.2, 0.25) is 0 Å². The first-order valence-electron chi connectivity index (χ1n) is 6.73. The van der Waals surface area contributed by atoms with Crippen LogP contribution in [0, 0.1) is 0 Å². The number of aliphatic hydroxyl groups is 1. The third-order valence-electron chi connectivity index (χ3n) is 2.95. The summed E-state index contributed by atoms with van der Waals surface area (Å²) in [7, 11) is 0. The summed E-state index contributed by atoms with van der Waals surface area (Å²) in [5.74, 6) is 0. The summed E-state index contributed by atoms with van der Waals surface area (Å²) in [6, 6.07) is 10.7. The van der Waals surface area contributed by atoms with Gasteiger partial charge in [0, 0.05) is 0 Å². The normalized spacial score (nSPS) is 11.1. The molecule has 0 amide bonds. The minimum atomic E-state index is 0.178. The number of hydrogen-bond donors (Lipinski definition) is 1. The summed E-state index contributed by atoms with van der Waals surface area (Å²) in [5.41, 5.74) is 1.46. The lowest BCUT2D eigenvalue weighted by atomic mass is 10.0. The van der Waals surface area contributed by atoms with Crippen LogP contribution in [0.3, 0.4) is 0 Å². The van der Waals surface area contributed by atoms with Crippen LogP contribution in [0.4, 0.5) is 0 Å². The van der Waals surface area contributed by atoms with Crippen LogP contribution in [-0.2, 0) is 6.42 Å². The highest BCUT2D eigenvalue weighted by Crippen LogP contribution is 2.09. The van der Waals surface area contributed by atoms with E-state index in [1.807, 2.05) is 6.08 Å². The molecule has 0 spiro atoms. The molecule has 0 fully saturated rings. The maximum absolute atomic E-state index is 8.56. The molecule has 0 unspecified atom stereocenters. The Hall–Kier alpha value is -1.08. The van der Waals surface area contributed by atoms with E-state index in [2.05, 4.69) is 36.4 Å². The number of aliphatic hydroxyl groups excluding tert-OH is 1. The molecule has 0 atom stereocenters. The Labute approximate surface area is 105 Å². The Kier molecular flexibility index (Phi) is 8.31. The molecule has 0 saturated carbocycles. The SMILES string of the molecule is OCC=CCCCCCCCc1ccccc1. The van der Waals surface area contributed by atoms with Crippen molar-refractivity contribution in [3.8, 4) is 0 Å². The second-order valence-electron chi connectivity index (χ2n) is 4.45. The molecule has 1 nitrogen and oxygen atoms in total. The van der Waals surface area contributed by atoms with Gasteiger partial charge in [-0.15, -0.1) is 0 Å². The summed E-state index contributed by atoms with van der Waals surface area (Å²) >= 11 is 0. The van der Waals surface area contributed by atoms with E-state index in [0.29, 0.717) is 0 Å². The highest BCUT2D eigenvalue weighted by molar-refractivity contribution is 5.14. The van der Waals surface area contributed by atoms with Crippen molar-refractivity contribution in [2.24, 2.45) is 0 Å². The monoisotopic (exact) mass is 232 g/mol. The molecule has 1 heteroatoms. The molecule has 0 saturated heterocycles. The zero-order valence-electron chi connectivity index (χ0n) is 10.6. The van der Waals surface area contributed by atoms with Crippen molar-refractivity contribution >= 4 is 0 Å². The second-order valence-corrected chi connectivity index (χ2v) is 4.45. The Bertz CT molecular complexity index is 290. The van der Waals surface area contributed by atoms with Crippen molar-refractivity contribution in [2.75, 3.05) is 6.61 Å². The number of allylic oxidation sites excluding steroid dienone is 1. The van der Waals surface area contributed by atoms with Crippen molar-refractivity contribution in [1.82, 2.24) is 0 Å². The summed E-state index contributed by atoms with van der Waals surface area (Å²) in [6.07, 6.45) is 12.8. The van der Waals surface area contributed by atoms with Crippen LogP contribution in [0.25, 0.3) is 0 Å². The van der Waals surface area contributed by atoms with Gasteiger partial charge in [-0.1, -0.05) is 61.7 Å². The molecule has 0 aromatic heterocycles. The maximum atomic E-state index is 8.56. The fraction of sp³-hybridized carbons (Fsp3) is 0.500. The number of benzene rings is 1. The predicted octanol–water partition coefficient (Wildman–Crippen LogP) is 4.12. The Morgan fingerprint density at radius 2 is 1.53 bits per heavy atom. The number of hydrogen-bond acceptors (Lipinski definition) is 1. The minimum absolute atomic E-state index is 0.178. The van der Waals surface area contributed by atoms with E-state index in [-0.39, 0.29) is 6.61 Å². The van der Waals surface area contributed by atoms with Crippen molar-refractivity contribution in [3.05, 3.63) is 48.0 Å². The first-order valence-corrected chi connectivity index (χ1v) is 6.73. The lowest BCUT2D eigenvalue weighted by Gasteiger charge is -2.01. The van der Waals surface area contributed by atoms with Gasteiger partial charge < -0.3 is 5.11 Å². The fourth-order valence-electron chi connectivity index (χ4n) is 1.96. The molecule has 94 valence electrons. The zero-order valence-corrected chi connectivity index (χ0v) is 10.6. The molecule has 0 aliphatic carbocycles. The van der Waals surface area contributed by atoms with E-state index in [1.54, 1.807) is 0 Å². The molecule has 1 rings (SSSR count). The highest BCUT2D eigenvalue weighted by atomic mass is 16.2. The average molecular weight is 232 g/mol. The number of unbranched alkanes of at least 4 members (excludes halogenated alkanes) is 5. The minimum Gasteiger partial charge on any atom is -0.392 e. The highest BCUT2D eigenvalue weighted by Gasteiger charge is 1.92. The first kappa shape index (κ1) is 14.0. The first-order chi connectivity index (χ1) is 8.43. The van der Waals surface area contributed by atoms with Gasteiger partial charge in [0.25, 0.3) is 0 Å². The molecule has 1 aromatic carbocycles. The molecule has 0 radical (unpaired) electrons. The van der Waals surface area contributed by atoms with E-state index in [0.717, 1.165) is 6.42 Å². The van der Waals surface area contributed by atoms with E-state index < -0.39 is 0 Å². The molecular formula is C16H24O. The quantitative estimate of drug-likeness (QED) is 0.501. The fourth-order valence-corrected chi connectivity index (χ4v) is 1.96. The van der Waals surface area contributed by atoms with Crippen LogP contribution in [0.1, 0.15) is 44.1 Å². The van der Waals surface area contributed by atoms with E-state index in [1.165, 1.54) is 44.1 Å². The molecule has 0 aliphatic heterocycles. The molecular weight excluding hydrogens is 208 g/mol. The van der Waals surface area contributed by atoms with Crippen LogP contribution < -0.4 is 0 Å². The Morgan fingerprint density at radius 1 is 0.824 bits per heavy atom. The van der Waals surface area contributed by atoms with Gasteiger partial charge >= 0.3 is 0 Å². The topological polar surface area (TPSA) is 20.2 Å². The lowest BCUT2D eigenvalue weighted by Crippen LogP contribution is -1.85. The van der Waals surface area contributed by atoms with Crippen molar-refractivity contribution in [1.29, 1.82) is 0 Å². The van der Waals surface area contributed by atoms with Gasteiger partial charge in [-0.05, 0) is 31.2 Å². The largest absolute Gasteiger partial charge is 0.392 e. The van der Waals surface area contributed by atoms with Crippen molar-refractivity contribution in [3.63, 3.8) is 0 Å². The summed E-state index contributed by atoms with van der Waals surface area (Å²) in [6.45, 7) is 0.178. The van der Waals surface area contributed by atoms with Crippen molar-refractivity contribution < 1.29 is 5.11 Å². The molecule has 0 aliphatic rings. The maximum Gasteiger partial charge on any atom is 0.0612 e. The third kappa shape index (κ3) is 7.76. The van der Waals surface area contributed by atoms with Gasteiger partial charge in [0.15, 0.2) is 0 Å². The molecule has 17 heavy (non-hydrogen) atoms. The van der Waals surface area contributed by atoms with Gasteiger partial charge in [-0.3, -0.25) is 0 Å². The standard InChI is InChI=1S/C16H24O/c17-15-11-6-4-2-1-3-5-8-12-16-13-9-7-10-14-16/h6-7,9-11,13-14,17H,1-5,8,12,15H2. The molecule has 1 N–H and O–H groups in total. The Balaban J connectivity index is 1.90. The Morgan fingerprint density at radius 3 is 2.29 bits per heavy atom. The van der Waals surface area contributed by atoms with Gasteiger partial charge in [0.1, 0.15) is 0 Å². The summed E-state index contributed by atoms with van der Waals surface area (Å²) in [4.78, 5) is 0. The van der Waals surface area contributed by atoms with Crippen LogP contribution >= 0.6 is 0 Å². The van der Waals surface area contributed by atoms with Crippen LogP contribution in [0.15, 0.2) is 42.5 Å². The zero-order chi connectivity index (χ0) is 12.2.